The van der Waals surface area contributed by atoms with Crippen LogP contribution in [0.4, 0.5) is 0 Å². The van der Waals surface area contributed by atoms with Crippen LogP contribution in [0.25, 0.3) is 0 Å². The number of hydrogen-bond donors (Lipinski definition) is 1. The topological polar surface area (TPSA) is 43.8 Å². The van der Waals surface area contributed by atoms with Crippen molar-refractivity contribution in [3.05, 3.63) is 0 Å². The molecule has 0 radical (unpaired) electrons. The zero-order valence-corrected chi connectivity index (χ0v) is 14.1. The molecule has 0 spiro atoms. The summed E-state index contributed by atoms with van der Waals surface area (Å²) in [5, 5.41) is 11.0. The molecule has 1 atom stereocenters. The maximum absolute atomic E-state index is 12.8. The van der Waals surface area contributed by atoms with E-state index in [1.54, 1.807) is 0 Å². The second-order valence-electron chi connectivity index (χ2n) is 7.89. The largest absolute Gasteiger partial charge is 0.379 e. The van der Waals surface area contributed by atoms with Gasteiger partial charge in [-0.15, -0.1) is 0 Å². The number of rotatable bonds is 5. The third kappa shape index (κ3) is 3.48. The molecule has 0 bridgehead atoms. The Morgan fingerprint density at radius 1 is 1.14 bits per heavy atom. The van der Waals surface area contributed by atoms with Crippen LogP contribution in [0.5, 0.6) is 0 Å². The molecule has 1 amide bonds. The molecule has 1 heterocycles. The summed E-state index contributed by atoms with van der Waals surface area (Å²) in [6.45, 7) is 2.22. The van der Waals surface area contributed by atoms with E-state index in [0.717, 1.165) is 19.5 Å². The van der Waals surface area contributed by atoms with Gasteiger partial charge in [-0.1, -0.05) is 25.7 Å². The minimum absolute atomic E-state index is 0.00619. The van der Waals surface area contributed by atoms with E-state index in [1.165, 1.54) is 51.4 Å². The van der Waals surface area contributed by atoms with Crippen molar-refractivity contribution < 1.29 is 9.90 Å². The molecule has 1 saturated heterocycles. The summed E-state index contributed by atoms with van der Waals surface area (Å²) in [6.07, 6.45) is 11.7. The molecule has 1 N–H and O–H groups in total. The first-order valence-electron chi connectivity index (χ1n) is 9.30. The molecule has 1 unspecified atom stereocenters. The summed E-state index contributed by atoms with van der Waals surface area (Å²) in [7, 11) is 2.09. The average Bonchev–Trinajstić information content (AvgIpc) is 2.48. The van der Waals surface area contributed by atoms with Crippen LogP contribution in [-0.2, 0) is 4.79 Å². The summed E-state index contributed by atoms with van der Waals surface area (Å²) < 4.78 is 0. The van der Waals surface area contributed by atoms with E-state index in [1.807, 2.05) is 4.90 Å². The van der Waals surface area contributed by atoms with Crippen molar-refractivity contribution in [1.82, 2.24) is 9.80 Å². The quantitative estimate of drug-likeness (QED) is 0.848. The number of nitrogens with zero attached hydrogens (tertiary/aromatic N) is 2. The molecule has 2 aliphatic carbocycles. The van der Waals surface area contributed by atoms with Crippen molar-refractivity contribution in [2.75, 3.05) is 26.7 Å². The first kappa shape index (κ1) is 16.3. The van der Waals surface area contributed by atoms with Crippen molar-refractivity contribution in [1.29, 1.82) is 0 Å². The molecule has 126 valence electrons. The number of aliphatic hydroxyl groups is 1. The molecule has 4 heteroatoms. The van der Waals surface area contributed by atoms with Crippen LogP contribution < -0.4 is 0 Å². The molecule has 2 saturated carbocycles. The van der Waals surface area contributed by atoms with Gasteiger partial charge in [-0.3, -0.25) is 4.79 Å². The van der Waals surface area contributed by atoms with Crippen LogP contribution in [0.3, 0.4) is 0 Å². The Hall–Kier alpha value is -0.610. The Morgan fingerprint density at radius 2 is 1.86 bits per heavy atom. The minimum atomic E-state index is -1.14. The van der Waals surface area contributed by atoms with Gasteiger partial charge in [0.25, 0.3) is 5.91 Å². The highest BCUT2D eigenvalue weighted by Crippen LogP contribution is 2.31. The number of carbonyl (C=O) groups is 1. The average molecular weight is 308 g/mol. The lowest BCUT2D eigenvalue weighted by atomic mass is 9.83. The van der Waals surface area contributed by atoms with Gasteiger partial charge in [-0.25, -0.2) is 0 Å². The molecule has 0 aromatic heterocycles. The van der Waals surface area contributed by atoms with E-state index in [0.29, 0.717) is 24.9 Å². The normalized spacial score (nSPS) is 31.6. The Kier molecular flexibility index (Phi) is 5.08. The number of carbonyl (C=O) groups excluding carboxylic acids is 1. The molecular weight excluding hydrogens is 276 g/mol. The highest BCUT2D eigenvalue weighted by Gasteiger charge is 2.44. The maximum Gasteiger partial charge on any atom is 0.255 e. The van der Waals surface area contributed by atoms with Gasteiger partial charge < -0.3 is 14.9 Å². The van der Waals surface area contributed by atoms with Gasteiger partial charge in [-0.05, 0) is 51.5 Å². The fourth-order valence-corrected chi connectivity index (χ4v) is 4.44. The predicted octanol–water partition coefficient (Wildman–Crippen LogP) is 2.40. The highest BCUT2D eigenvalue weighted by molar-refractivity contribution is 5.86. The number of likely N-dealkylation sites (tertiary alicyclic amines) is 1. The van der Waals surface area contributed by atoms with Crippen molar-refractivity contribution >= 4 is 5.91 Å². The molecule has 1 aliphatic heterocycles. The third-order valence-electron chi connectivity index (χ3n) is 6.12. The van der Waals surface area contributed by atoms with Gasteiger partial charge in [0, 0.05) is 25.7 Å². The summed E-state index contributed by atoms with van der Waals surface area (Å²) in [6, 6.07) is 0.549. The van der Waals surface area contributed by atoms with Crippen LogP contribution in [0.15, 0.2) is 0 Å². The van der Waals surface area contributed by atoms with Crippen LogP contribution in [-0.4, -0.2) is 59.1 Å². The smallest absolute Gasteiger partial charge is 0.255 e. The number of amides is 1. The summed E-state index contributed by atoms with van der Waals surface area (Å²) >= 11 is 0. The molecule has 22 heavy (non-hydrogen) atoms. The second kappa shape index (κ2) is 6.88. The monoisotopic (exact) mass is 308 g/mol. The molecule has 3 rings (SSSR count). The van der Waals surface area contributed by atoms with Gasteiger partial charge in [0.1, 0.15) is 0 Å². The van der Waals surface area contributed by atoms with Crippen LogP contribution in [0.1, 0.15) is 64.2 Å². The Balaban J connectivity index is 1.58. The van der Waals surface area contributed by atoms with Gasteiger partial charge in [-0.2, -0.15) is 0 Å². The third-order valence-corrected chi connectivity index (χ3v) is 6.12. The zero-order valence-electron chi connectivity index (χ0n) is 14.1. The van der Waals surface area contributed by atoms with Gasteiger partial charge in [0.2, 0.25) is 0 Å². The predicted molar refractivity (Wildman–Crippen MR) is 87.6 cm³/mol. The molecule has 3 aliphatic rings. The van der Waals surface area contributed by atoms with E-state index in [4.69, 9.17) is 0 Å². The summed E-state index contributed by atoms with van der Waals surface area (Å²) in [5.41, 5.74) is -1.14. The van der Waals surface area contributed by atoms with Crippen molar-refractivity contribution in [2.24, 2.45) is 5.92 Å². The fraction of sp³-hybridized carbons (Fsp3) is 0.944. The SMILES string of the molecule is CN(CC1(O)CCCN(CC2CCC2)C1=O)C1CCCCC1. The number of likely N-dealkylation sites (N-methyl/N-ethyl adjacent to an activating group) is 1. The Bertz CT molecular complexity index is 391. The lowest BCUT2D eigenvalue weighted by Crippen LogP contribution is -2.60. The van der Waals surface area contributed by atoms with Gasteiger partial charge >= 0.3 is 0 Å². The molecule has 0 aromatic rings. The number of hydrogen-bond acceptors (Lipinski definition) is 3. The van der Waals surface area contributed by atoms with E-state index in [2.05, 4.69) is 11.9 Å². The lowest BCUT2D eigenvalue weighted by molar-refractivity contribution is -0.161. The van der Waals surface area contributed by atoms with E-state index < -0.39 is 5.60 Å². The van der Waals surface area contributed by atoms with Crippen molar-refractivity contribution in [3.63, 3.8) is 0 Å². The summed E-state index contributed by atoms with van der Waals surface area (Å²) in [5.74, 6) is 0.677. The van der Waals surface area contributed by atoms with E-state index in [-0.39, 0.29) is 5.91 Å². The Morgan fingerprint density at radius 3 is 2.50 bits per heavy atom. The first-order chi connectivity index (χ1) is 10.6. The fourth-order valence-electron chi connectivity index (χ4n) is 4.44. The number of piperidine rings is 1. The van der Waals surface area contributed by atoms with Gasteiger partial charge in [0.05, 0.1) is 0 Å². The molecule has 0 aromatic carbocycles. The van der Waals surface area contributed by atoms with E-state index in [9.17, 15) is 9.90 Å². The molecular formula is C18H32N2O2. The highest BCUT2D eigenvalue weighted by atomic mass is 16.3. The lowest BCUT2D eigenvalue weighted by Gasteiger charge is -2.44. The second-order valence-corrected chi connectivity index (χ2v) is 7.89. The molecule has 3 fully saturated rings. The van der Waals surface area contributed by atoms with Crippen molar-refractivity contribution in [2.45, 2.75) is 75.9 Å². The minimum Gasteiger partial charge on any atom is -0.379 e. The molecule has 4 nitrogen and oxygen atoms in total. The first-order valence-corrected chi connectivity index (χ1v) is 9.30. The summed E-state index contributed by atoms with van der Waals surface area (Å²) in [4.78, 5) is 17.0. The maximum atomic E-state index is 12.8. The van der Waals surface area contributed by atoms with Crippen molar-refractivity contribution in [3.8, 4) is 0 Å². The van der Waals surface area contributed by atoms with Crippen LogP contribution in [0, 0.1) is 5.92 Å². The van der Waals surface area contributed by atoms with Gasteiger partial charge in [0.15, 0.2) is 5.60 Å². The van der Waals surface area contributed by atoms with E-state index >= 15 is 0 Å². The van der Waals surface area contributed by atoms with Crippen LogP contribution in [0.2, 0.25) is 0 Å². The zero-order chi connectivity index (χ0) is 15.6. The van der Waals surface area contributed by atoms with Crippen LogP contribution >= 0.6 is 0 Å². The standard InChI is InChI=1S/C18H32N2O2/c1-19(16-9-3-2-4-10-16)14-18(22)11-6-12-20(17(18)21)13-15-7-5-8-15/h15-16,22H,2-14H2,1H3. The Labute approximate surface area is 134 Å².